The lowest BCUT2D eigenvalue weighted by atomic mass is 10.1. The number of nitrogens with one attached hydrogen (secondary N) is 2. The van der Waals surface area contributed by atoms with Crippen molar-refractivity contribution in [3.63, 3.8) is 0 Å². The Balaban J connectivity index is 1.37. The minimum atomic E-state index is -0.143. The topological polar surface area (TPSA) is 86.0 Å². The van der Waals surface area contributed by atoms with Crippen LogP contribution in [0, 0.1) is 11.3 Å². The van der Waals surface area contributed by atoms with Gasteiger partial charge in [0.25, 0.3) is 0 Å². The molecule has 0 fully saturated rings. The van der Waals surface area contributed by atoms with Crippen molar-refractivity contribution >= 4 is 63.7 Å². The Morgan fingerprint density at radius 3 is 2.60 bits per heavy atom. The van der Waals surface area contributed by atoms with Crippen LogP contribution < -0.4 is 10.6 Å². The van der Waals surface area contributed by atoms with Gasteiger partial charge in [0.15, 0.2) is 5.11 Å². The Morgan fingerprint density at radius 1 is 1.07 bits per heavy atom. The van der Waals surface area contributed by atoms with Crippen molar-refractivity contribution in [3.8, 4) is 6.07 Å². The highest BCUT2D eigenvalue weighted by Crippen LogP contribution is 2.27. The second kappa shape index (κ2) is 14.1. The summed E-state index contributed by atoms with van der Waals surface area (Å²) in [7, 11) is 0. The Hall–Kier alpha value is -3.61. The first-order valence-corrected chi connectivity index (χ1v) is 13.9. The molecular weight excluding hydrogens is 587 g/mol. The van der Waals surface area contributed by atoms with E-state index < -0.39 is 0 Å². The zero-order valence-electron chi connectivity index (χ0n) is 21.3. The zero-order chi connectivity index (χ0) is 28.5. The molecule has 3 aromatic carbocycles. The van der Waals surface area contributed by atoms with Crippen LogP contribution in [0.25, 0.3) is 0 Å². The van der Waals surface area contributed by atoms with Gasteiger partial charge in [0.05, 0.1) is 34.4 Å². The zero-order valence-corrected chi connectivity index (χ0v) is 24.4. The van der Waals surface area contributed by atoms with Gasteiger partial charge in [-0.2, -0.15) is 5.26 Å². The number of benzene rings is 3. The molecule has 1 aromatic heterocycles. The summed E-state index contributed by atoms with van der Waals surface area (Å²) in [6, 6.07) is 22.1. The van der Waals surface area contributed by atoms with E-state index in [2.05, 4.69) is 21.7 Å². The monoisotopic (exact) mass is 610 g/mol. The van der Waals surface area contributed by atoms with Crippen LogP contribution in [-0.4, -0.2) is 38.6 Å². The minimum Gasteiger partial charge on any atom is -0.354 e. The summed E-state index contributed by atoms with van der Waals surface area (Å²) < 4.78 is 1.92. The van der Waals surface area contributed by atoms with E-state index in [1.165, 1.54) is 0 Å². The molecule has 40 heavy (non-hydrogen) atoms. The number of nitriles is 1. The molecular formula is C29H25Cl3N6OS. The summed E-state index contributed by atoms with van der Waals surface area (Å²) in [4.78, 5) is 18.9. The molecule has 0 atom stereocenters. The molecule has 0 radical (unpaired) electrons. The lowest BCUT2D eigenvalue weighted by molar-refractivity contribution is -0.120. The van der Waals surface area contributed by atoms with E-state index in [1.54, 1.807) is 42.9 Å². The number of nitrogens with zero attached hydrogens (tertiary/aromatic N) is 4. The van der Waals surface area contributed by atoms with Gasteiger partial charge in [0.1, 0.15) is 0 Å². The standard InChI is InChI=1S/C29H25Cl3N6OS/c30-23-4-2-5-24(13-23)36-29(40)37(18-22-3-1-6-26(31)28(22)32)12-11-35-27(39)14-25-16-34-19-38(25)17-21-9-7-20(15-33)8-10-21/h1-10,13,16,19H,11-12,14,17-18H2,(H,35,39)(H,36,40). The van der Waals surface area contributed by atoms with Gasteiger partial charge in [-0.05, 0) is 59.7 Å². The predicted octanol–water partition coefficient (Wildman–Crippen LogP) is 6.32. The third kappa shape index (κ3) is 8.20. The van der Waals surface area contributed by atoms with E-state index in [4.69, 9.17) is 52.3 Å². The second-order valence-corrected chi connectivity index (χ2v) is 10.5. The van der Waals surface area contributed by atoms with E-state index in [9.17, 15) is 4.79 Å². The number of carbonyl (C=O) groups is 1. The molecule has 0 saturated carbocycles. The van der Waals surface area contributed by atoms with Gasteiger partial charge in [-0.1, -0.05) is 65.1 Å². The number of thiocarbonyl (C=S) groups is 1. The highest BCUT2D eigenvalue weighted by atomic mass is 35.5. The summed E-state index contributed by atoms with van der Waals surface area (Å²) in [6.45, 7) is 1.70. The SMILES string of the molecule is N#Cc1ccc(Cn2cncc2CC(=O)NCCN(Cc2cccc(Cl)c2Cl)C(=S)Nc2cccc(Cl)c2)cc1. The number of carbonyl (C=O) groups excluding carboxylic acids is 1. The summed E-state index contributed by atoms with van der Waals surface area (Å²) >= 11 is 24.5. The summed E-state index contributed by atoms with van der Waals surface area (Å²) in [5.74, 6) is -0.143. The van der Waals surface area contributed by atoms with Crippen LogP contribution in [-0.2, 0) is 24.3 Å². The maximum absolute atomic E-state index is 12.8. The van der Waals surface area contributed by atoms with Crippen LogP contribution in [0.4, 0.5) is 5.69 Å². The van der Waals surface area contributed by atoms with Gasteiger partial charge in [0, 0.05) is 48.8 Å². The smallest absolute Gasteiger partial charge is 0.226 e. The fourth-order valence-electron chi connectivity index (χ4n) is 3.97. The quantitative estimate of drug-likeness (QED) is 0.204. The largest absolute Gasteiger partial charge is 0.354 e. The number of hydrogen-bond donors (Lipinski definition) is 2. The molecule has 0 saturated heterocycles. The molecule has 7 nitrogen and oxygen atoms in total. The van der Waals surface area contributed by atoms with Gasteiger partial charge < -0.3 is 20.1 Å². The molecule has 1 heterocycles. The number of halogens is 3. The fourth-order valence-corrected chi connectivity index (χ4v) is 4.82. The van der Waals surface area contributed by atoms with Crippen LogP contribution in [0.1, 0.15) is 22.4 Å². The molecule has 0 aliphatic heterocycles. The van der Waals surface area contributed by atoms with Crippen LogP contribution >= 0.6 is 47.0 Å². The number of imidazole rings is 1. The number of aromatic nitrogens is 2. The van der Waals surface area contributed by atoms with Gasteiger partial charge in [0.2, 0.25) is 5.91 Å². The Morgan fingerprint density at radius 2 is 1.85 bits per heavy atom. The van der Waals surface area contributed by atoms with Crippen molar-refractivity contribution in [2.24, 2.45) is 0 Å². The van der Waals surface area contributed by atoms with Crippen molar-refractivity contribution in [2.45, 2.75) is 19.5 Å². The van der Waals surface area contributed by atoms with E-state index in [-0.39, 0.29) is 12.3 Å². The van der Waals surface area contributed by atoms with Crippen LogP contribution in [0.5, 0.6) is 0 Å². The third-order valence-corrected chi connectivity index (χ3v) is 7.49. The summed E-state index contributed by atoms with van der Waals surface area (Å²) in [5, 5.41) is 17.1. The van der Waals surface area contributed by atoms with Gasteiger partial charge >= 0.3 is 0 Å². The molecule has 4 aromatic rings. The van der Waals surface area contributed by atoms with Crippen molar-refractivity contribution in [1.29, 1.82) is 5.26 Å². The third-order valence-electron chi connectivity index (χ3n) is 6.04. The molecule has 0 aliphatic carbocycles. The first-order valence-electron chi connectivity index (χ1n) is 12.3. The lowest BCUT2D eigenvalue weighted by Crippen LogP contribution is -2.40. The van der Waals surface area contributed by atoms with E-state index >= 15 is 0 Å². The molecule has 204 valence electrons. The second-order valence-electron chi connectivity index (χ2n) is 8.92. The lowest BCUT2D eigenvalue weighted by Gasteiger charge is -2.27. The Bertz CT molecular complexity index is 1530. The molecule has 4 rings (SSSR count). The van der Waals surface area contributed by atoms with E-state index in [0.717, 1.165) is 22.5 Å². The van der Waals surface area contributed by atoms with Crippen LogP contribution in [0.2, 0.25) is 15.1 Å². The Kier molecular flexibility index (Phi) is 10.4. The molecule has 0 spiro atoms. The molecule has 0 bridgehead atoms. The number of amides is 1. The maximum atomic E-state index is 12.8. The van der Waals surface area contributed by atoms with Crippen LogP contribution in [0.3, 0.4) is 0 Å². The summed E-state index contributed by atoms with van der Waals surface area (Å²) in [5.41, 5.74) is 3.95. The van der Waals surface area contributed by atoms with Gasteiger partial charge in [-0.25, -0.2) is 4.98 Å². The van der Waals surface area contributed by atoms with E-state index in [1.807, 2.05) is 45.9 Å². The predicted molar refractivity (Wildman–Crippen MR) is 164 cm³/mol. The average molecular weight is 612 g/mol. The molecule has 1 amide bonds. The van der Waals surface area contributed by atoms with Crippen molar-refractivity contribution in [3.05, 3.63) is 117 Å². The minimum absolute atomic E-state index is 0.143. The average Bonchev–Trinajstić information content (AvgIpc) is 3.37. The first kappa shape index (κ1) is 29.4. The molecule has 0 aliphatic rings. The normalized spacial score (nSPS) is 10.6. The van der Waals surface area contributed by atoms with Crippen molar-refractivity contribution in [2.75, 3.05) is 18.4 Å². The maximum Gasteiger partial charge on any atom is 0.226 e. The van der Waals surface area contributed by atoms with Gasteiger partial charge in [-0.15, -0.1) is 0 Å². The molecule has 2 N–H and O–H groups in total. The highest BCUT2D eigenvalue weighted by Gasteiger charge is 2.15. The first-order chi connectivity index (χ1) is 19.3. The van der Waals surface area contributed by atoms with Crippen molar-refractivity contribution in [1.82, 2.24) is 19.8 Å². The van der Waals surface area contributed by atoms with E-state index in [0.29, 0.717) is 51.9 Å². The summed E-state index contributed by atoms with van der Waals surface area (Å²) in [6.07, 6.45) is 3.54. The van der Waals surface area contributed by atoms with Crippen LogP contribution in [0.15, 0.2) is 79.3 Å². The highest BCUT2D eigenvalue weighted by molar-refractivity contribution is 7.80. The van der Waals surface area contributed by atoms with Gasteiger partial charge in [-0.3, -0.25) is 4.79 Å². The number of hydrogen-bond acceptors (Lipinski definition) is 4. The number of rotatable bonds is 10. The molecule has 11 heteroatoms. The molecule has 0 unspecified atom stereocenters. The fraction of sp³-hybridized carbons (Fsp3) is 0.172. The van der Waals surface area contributed by atoms with Crippen molar-refractivity contribution < 1.29 is 4.79 Å². The Labute approximate surface area is 253 Å². The number of anilines is 1.